The number of nitrogens with one attached hydrogen (secondary N) is 1. The average Bonchev–Trinajstić information content (AvgIpc) is 2.41. The highest BCUT2D eigenvalue weighted by Gasteiger charge is 1.99. The van der Waals surface area contributed by atoms with Gasteiger partial charge in [0, 0.05) is 12.6 Å². The van der Waals surface area contributed by atoms with Crippen LogP contribution in [-0.4, -0.2) is 44.1 Å². The molecule has 4 nitrogen and oxygen atoms in total. The summed E-state index contributed by atoms with van der Waals surface area (Å²) in [6.45, 7) is 5.64. The summed E-state index contributed by atoms with van der Waals surface area (Å²) in [5, 5.41) is 2.87. The van der Waals surface area contributed by atoms with E-state index >= 15 is 0 Å². The van der Waals surface area contributed by atoms with Crippen LogP contribution in [0, 0.1) is 0 Å². The third-order valence-electron chi connectivity index (χ3n) is 2.74. The summed E-state index contributed by atoms with van der Waals surface area (Å²) < 4.78 is 5.62. The second-order valence-electron chi connectivity index (χ2n) is 5.52. The van der Waals surface area contributed by atoms with E-state index in [0.717, 1.165) is 24.3 Å². The highest BCUT2D eigenvalue weighted by atomic mass is 16.5. The first-order valence-electron chi connectivity index (χ1n) is 7.34. The fourth-order valence-electron chi connectivity index (χ4n) is 1.80. The molecule has 1 N–H and O–H groups in total. The van der Waals surface area contributed by atoms with Gasteiger partial charge >= 0.3 is 0 Å². The minimum absolute atomic E-state index is 0.0658. The number of carbonyl (C=O) groups is 1. The lowest BCUT2D eigenvalue weighted by Gasteiger charge is -2.10. The predicted molar refractivity (Wildman–Crippen MR) is 87.4 cm³/mol. The largest absolute Gasteiger partial charge is 0.491 e. The Bertz CT molecular complexity index is 468. The summed E-state index contributed by atoms with van der Waals surface area (Å²) >= 11 is 0. The van der Waals surface area contributed by atoms with Crippen LogP contribution in [0.4, 0.5) is 0 Å². The van der Waals surface area contributed by atoms with Crippen molar-refractivity contribution >= 4 is 12.0 Å². The summed E-state index contributed by atoms with van der Waals surface area (Å²) in [6.07, 6.45) is 4.45. The third-order valence-corrected chi connectivity index (χ3v) is 2.74. The molecule has 0 aromatic heterocycles. The molecule has 0 heterocycles. The number of carbonyl (C=O) groups excluding carboxylic acids is 1. The van der Waals surface area contributed by atoms with Crippen LogP contribution < -0.4 is 10.1 Å². The first kappa shape index (κ1) is 17.2. The number of amides is 1. The quantitative estimate of drug-likeness (QED) is 0.591. The third kappa shape index (κ3) is 8.15. The zero-order chi connectivity index (χ0) is 15.7. The molecule has 4 heteroatoms. The van der Waals surface area contributed by atoms with Gasteiger partial charge in [-0.25, -0.2) is 0 Å². The van der Waals surface area contributed by atoms with Gasteiger partial charge in [0.25, 0.3) is 0 Å². The molecule has 0 radical (unpaired) electrons. The Morgan fingerprint density at radius 2 is 2.14 bits per heavy atom. The minimum Gasteiger partial charge on any atom is -0.491 e. The molecule has 0 bridgehead atoms. The van der Waals surface area contributed by atoms with Gasteiger partial charge in [-0.1, -0.05) is 12.1 Å². The lowest BCUT2D eigenvalue weighted by Crippen LogP contribution is -2.25. The van der Waals surface area contributed by atoms with Gasteiger partial charge < -0.3 is 15.0 Å². The van der Waals surface area contributed by atoms with Crippen molar-refractivity contribution in [3.05, 3.63) is 35.9 Å². The minimum atomic E-state index is -0.0658. The lowest BCUT2D eigenvalue weighted by atomic mass is 10.2. The Morgan fingerprint density at radius 3 is 2.81 bits per heavy atom. The van der Waals surface area contributed by atoms with Crippen molar-refractivity contribution in [2.45, 2.75) is 26.4 Å². The zero-order valence-electron chi connectivity index (χ0n) is 13.4. The van der Waals surface area contributed by atoms with Crippen molar-refractivity contribution in [1.29, 1.82) is 0 Å². The summed E-state index contributed by atoms with van der Waals surface area (Å²) in [4.78, 5) is 13.8. The summed E-state index contributed by atoms with van der Waals surface area (Å²) in [6, 6.07) is 7.71. The topological polar surface area (TPSA) is 41.6 Å². The molecule has 1 aromatic carbocycles. The molecule has 0 aliphatic rings. The fraction of sp³-hybridized carbons (Fsp3) is 0.471. The summed E-state index contributed by atoms with van der Waals surface area (Å²) in [5.74, 6) is 0.752. The smallest absolute Gasteiger partial charge is 0.243 e. The van der Waals surface area contributed by atoms with E-state index in [1.165, 1.54) is 0 Å². The SMILES string of the molecule is CC(C)Oc1cccc(/C=C/C(=O)NCCCN(C)C)c1. The van der Waals surface area contributed by atoms with E-state index in [1.54, 1.807) is 12.2 Å². The van der Waals surface area contributed by atoms with Crippen molar-refractivity contribution in [1.82, 2.24) is 10.2 Å². The molecule has 0 spiro atoms. The van der Waals surface area contributed by atoms with Gasteiger partial charge in [-0.05, 0) is 64.7 Å². The Morgan fingerprint density at radius 1 is 1.38 bits per heavy atom. The van der Waals surface area contributed by atoms with Gasteiger partial charge in [0.1, 0.15) is 5.75 Å². The van der Waals surface area contributed by atoms with Gasteiger partial charge in [0.15, 0.2) is 0 Å². The van der Waals surface area contributed by atoms with Crippen LogP contribution in [-0.2, 0) is 4.79 Å². The monoisotopic (exact) mass is 290 g/mol. The van der Waals surface area contributed by atoms with E-state index in [2.05, 4.69) is 10.2 Å². The van der Waals surface area contributed by atoms with Gasteiger partial charge in [-0.3, -0.25) is 4.79 Å². The standard InChI is InChI=1S/C17H26N2O2/c1-14(2)21-16-8-5-7-15(13-16)9-10-17(20)18-11-6-12-19(3)4/h5,7-10,13-14H,6,11-12H2,1-4H3,(H,18,20)/b10-9+. The van der Waals surface area contributed by atoms with E-state index in [4.69, 9.17) is 4.74 Å². The van der Waals surface area contributed by atoms with Crippen molar-refractivity contribution < 1.29 is 9.53 Å². The molecule has 116 valence electrons. The van der Waals surface area contributed by atoms with Crippen LogP contribution in [0.2, 0.25) is 0 Å². The van der Waals surface area contributed by atoms with Crippen LogP contribution in [0.15, 0.2) is 30.3 Å². The van der Waals surface area contributed by atoms with Crippen LogP contribution in [0.25, 0.3) is 6.08 Å². The molecule has 0 unspecified atom stereocenters. The summed E-state index contributed by atoms with van der Waals surface area (Å²) in [7, 11) is 4.04. The molecule has 0 saturated heterocycles. The number of nitrogens with zero attached hydrogens (tertiary/aromatic N) is 1. The van der Waals surface area contributed by atoms with Crippen molar-refractivity contribution in [3.8, 4) is 5.75 Å². The molecule has 0 atom stereocenters. The fourth-order valence-corrected chi connectivity index (χ4v) is 1.80. The molecule has 0 fully saturated rings. The predicted octanol–water partition coefficient (Wildman–Crippen LogP) is 2.55. The Labute approximate surface area is 127 Å². The van der Waals surface area contributed by atoms with Crippen molar-refractivity contribution in [2.24, 2.45) is 0 Å². The highest BCUT2D eigenvalue weighted by Crippen LogP contribution is 2.15. The molecule has 0 saturated carbocycles. The van der Waals surface area contributed by atoms with E-state index in [-0.39, 0.29) is 12.0 Å². The van der Waals surface area contributed by atoms with E-state index < -0.39 is 0 Å². The second kappa shape index (κ2) is 9.19. The molecule has 0 aliphatic heterocycles. The number of hydrogen-bond donors (Lipinski definition) is 1. The molecular weight excluding hydrogens is 264 g/mol. The summed E-state index contributed by atoms with van der Waals surface area (Å²) in [5.41, 5.74) is 0.955. The number of ether oxygens (including phenoxy) is 1. The van der Waals surface area contributed by atoms with Gasteiger partial charge in [-0.15, -0.1) is 0 Å². The van der Waals surface area contributed by atoms with Crippen LogP contribution in [0.5, 0.6) is 5.75 Å². The van der Waals surface area contributed by atoms with Crippen LogP contribution in [0.1, 0.15) is 25.8 Å². The molecular formula is C17H26N2O2. The maximum Gasteiger partial charge on any atom is 0.243 e. The van der Waals surface area contributed by atoms with Gasteiger partial charge in [-0.2, -0.15) is 0 Å². The second-order valence-corrected chi connectivity index (χ2v) is 5.52. The van der Waals surface area contributed by atoms with E-state index in [0.29, 0.717) is 6.54 Å². The maximum absolute atomic E-state index is 11.7. The molecule has 21 heavy (non-hydrogen) atoms. The van der Waals surface area contributed by atoms with Crippen LogP contribution in [0.3, 0.4) is 0 Å². The van der Waals surface area contributed by atoms with E-state index in [9.17, 15) is 4.79 Å². The van der Waals surface area contributed by atoms with Gasteiger partial charge in [0.05, 0.1) is 6.10 Å². The molecule has 1 rings (SSSR count). The van der Waals surface area contributed by atoms with Gasteiger partial charge in [0.2, 0.25) is 5.91 Å². The Hall–Kier alpha value is -1.81. The molecule has 1 aromatic rings. The lowest BCUT2D eigenvalue weighted by molar-refractivity contribution is -0.116. The Kier molecular flexibility index (Phi) is 7.54. The average molecular weight is 290 g/mol. The highest BCUT2D eigenvalue weighted by molar-refractivity contribution is 5.91. The number of benzene rings is 1. The van der Waals surface area contributed by atoms with Crippen LogP contribution >= 0.6 is 0 Å². The van der Waals surface area contributed by atoms with Crippen molar-refractivity contribution in [3.63, 3.8) is 0 Å². The number of hydrogen-bond acceptors (Lipinski definition) is 3. The van der Waals surface area contributed by atoms with E-state index in [1.807, 2.05) is 52.2 Å². The normalized spacial score (nSPS) is 11.3. The Balaban J connectivity index is 2.43. The first-order chi connectivity index (χ1) is 9.97. The maximum atomic E-state index is 11.7. The van der Waals surface area contributed by atoms with Crippen molar-refractivity contribution in [2.75, 3.05) is 27.2 Å². The zero-order valence-corrected chi connectivity index (χ0v) is 13.4. The number of rotatable bonds is 8. The first-order valence-corrected chi connectivity index (χ1v) is 7.34. The molecule has 1 amide bonds. The molecule has 0 aliphatic carbocycles.